The Morgan fingerprint density at radius 3 is 2.64 bits per heavy atom. The molecule has 0 aliphatic carbocycles. The summed E-state index contributed by atoms with van der Waals surface area (Å²) in [7, 11) is 3.70. The summed E-state index contributed by atoms with van der Waals surface area (Å²) in [5.41, 5.74) is 2.47. The standard InChI is InChI=1S/C19H25FN4O/c1-14-11-18(21-23(14)3)19(25)22(2)17-7-9-24(10-8-17)13-15-5-4-6-16(20)12-15/h4-6,11-12,17H,7-10,13H2,1-3H3. The average molecular weight is 344 g/mol. The van der Waals surface area contributed by atoms with Crippen molar-refractivity contribution in [1.82, 2.24) is 19.6 Å². The summed E-state index contributed by atoms with van der Waals surface area (Å²) in [6.07, 6.45) is 1.84. The van der Waals surface area contributed by atoms with Crippen LogP contribution in [0.25, 0.3) is 0 Å². The molecule has 0 N–H and O–H groups in total. The lowest BCUT2D eigenvalue weighted by Gasteiger charge is -2.36. The van der Waals surface area contributed by atoms with Crippen LogP contribution >= 0.6 is 0 Å². The van der Waals surface area contributed by atoms with Crippen LogP contribution in [-0.4, -0.2) is 51.7 Å². The quantitative estimate of drug-likeness (QED) is 0.856. The van der Waals surface area contributed by atoms with Crippen LogP contribution < -0.4 is 0 Å². The molecule has 1 amide bonds. The molecule has 0 atom stereocenters. The van der Waals surface area contributed by atoms with Crippen molar-refractivity contribution >= 4 is 5.91 Å². The number of nitrogens with zero attached hydrogens (tertiary/aromatic N) is 4. The van der Waals surface area contributed by atoms with Crippen molar-refractivity contribution < 1.29 is 9.18 Å². The number of hydrogen-bond donors (Lipinski definition) is 0. The number of carbonyl (C=O) groups is 1. The van der Waals surface area contributed by atoms with E-state index in [0.717, 1.165) is 43.7 Å². The van der Waals surface area contributed by atoms with Gasteiger partial charge in [0.25, 0.3) is 5.91 Å². The van der Waals surface area contributed by atoms with Crippen molar-refractivity contribution in [2.45, 2.75) is 32.4 Å². The highest BCUT2D eigenvalue weighted by atomic mass is 19.1. The largest absolute Gasteiger partial charge is 0.337 e. The molecular formula is C19H25FN4O. The number of aromatic nitrogens is 2. The number of halogens is 1. The molecule has 6 heteroatoms. The highest BCUT2D eigenvalue weighted by Gasteiger charge is 2.27. The molecule has 2 aromatic rings. The lowest BCUT2D eigenvalue weighted by molar-refractivity contribution is 0.0630. The second-order valence-electron chi connectivity index (χ2n) is 6.85. The summed E-state index contributed by atoms with van der Waals surface area (Å²) in [5, 5.41) is 4.28. The lowest BCUT2D eigenvalue weighted by atomic mass is 10.0. The Labute approximate surface area is 148 Å². The molecule has 1 aromatic heterocycles. The van der Waals surface area contributed by atoms with E-state index in [-0.39, 0.29) is 17.8 Å². The van der Waals surface area contributed by atoms with E-state index in [4.69, 9.17) is 0 Å². The summed E-state index contributed by atoms with van der Waals surface area (Å²) in [6, 6.07) is 8.81. The van der Waals surface area contributed by atoms with Crippen molar-refractivity contribution in [2.75, 3.05) is 20.1 Å². The molecule has 0 radical (unpaired) electrons. The molecule has 1 aliphatic heterocycles. The molecule has 5 nitrogen and oxygen atoms in total. The molecule has 0 spiro atoms. The molecule has 134 valence electrons. The predicted octanol–water partition coefficient (Wildman–Crippen LogP) is 2.60. The Kier molecular flexibility index (Phi) is 5.18. The summed E-state index contributed by atoms with van der Waals surface area (Å²) >= 11 is 0. The highest BCUT2D eigenvalue weighted by Crippen LogP contribution is 2.19. The number of likely N-dealkylation sites (tertiary alicyclic amines) is 1. The second kappa shape index (κ2) is 7.35. The Bertz CT molecular complexity index is 730. The van der Waals surface area contributed by atoms with E-state index in [9.17, 15) is 9.18 Å². The number of hydrogen-bond acceptors (Lipinski definition) is 3. The first-order valence-electron chi connectivity index (χ1n) is 8.68. The van der Waals surface area contributed by atoms with E-state index in [1.807, 2.05) is 38.1 Å². The van der Waals surface area contributed by atoms with Crippen molar-refractivity contribution in [3.63, 3.8) is 0 Å². The van der Waals surface area contributed by atoms with Crippen LogP contribution in [0.2, 0.25) is 0 Å². The first-order valence-corrected chi connectivity index (χ1v) is 8.68. The third-order valence-electron chi connectivity index (χ3n) is 5.05. The van der Waals surface area contributed by atoms with Crippen LogP contribution in [0.4, 0.5) is 4.39 Å². The topological polar surface area (TPSA) is 41.4 Å². The van der Waals surface area contributed by atoms with Crippen LogP contribution in [-0.2, 0) is 13.6 Å². The SMILES string of the molecule is Cc1cc(C(=O)N(C)C2CCN(Cc3cccc(F)c3)CC2)nn1C. The molecule has 0 bridgehead atoms. The summed E-state index contributed by atoms with van der Waals surface area (Å²) in [6.45, 7) is 4.50. The smallest absolute Gasteiger partial charge is 0.274 e. The van der Waals surface area contributed by atoms with Gasteiger partial charge in [-0.25, -0.2) is 4.39 Å². The summed E-state index contributed by atoms with van der Waals surface area (Å²) in [5.74, 6) is -0.212. The van der Waals surface area contributed by atoms with Crippen LogP contribution in [0.3, 0.4) is 0 Å². The van der Waals surface area contributed by atoms with Gasteiger partial charge in [0.1, 0.15) is 5.82 Å². The molecule has 1 aromatic carbocycles. The third kappa shape index (κ3) is 4.07. The highest BCUT2D eigenvalue weighted by molar-refractivity contribution is 5.92. The maximum Gasteiger partial charge on any atom is 0.274 e. The minimum absolute atomic E-state index is 0.0210. The number of aryl methyl sites for hydroxylation is 2. The fourth-order valence-corrected chi connectivity index (χ4v) is 3.37. The zero-order valence-electron chi connectivity index (χ0n) is 15.1. The average Bonchev–Trinajstić information content (AvgIpc) is 2.93. The Balaban J connectivity index is 1.55. The molecule has 0 unspecified atom stereocenters. The number of benzene rings is 1. The molecule has 2 heterocycles. The number of rotatable bonds is 4. The fraction of sp³-hybridized carbons (Fsp3) is 0.474. The summed E-state index contributed by atoms with van der Waals surface area (Å²) in [4.78, 5) is 16.7. The zero-order valence-corrected chi connectivity index (χ0v) is 15.1. The van der Waals surface area contributed by atoms with Crippen LogP contribution in [0.5, 0.6) is 0 Å². The van der Waals surface area contributed by atoms with Gasteiger partial charge in [-0.1, -0.05) is 12.1 Å². The Hall–Kier alpha value is -2.21. The molecule has 1 fully saturated rings. The van der Waals surface area contributed by atoms with E-state index in [1.165, 1.54) is 6.07 Å². The zero-order chi connectivity index (χ0) is 18.0. The minimum atomic E-state index is -0.191. The molecule has 1 aliphatic rings. The van der Waals surface area contributed by atoms with Crippen molar-refractivity contribution in [3.8, 4) is 0 Å². The van der Waals surface area contributed by atoms with Gasteiger partial charge in [-0.2, -0.15) is 5.10 Å². The van der Waals surface area contributed by atoms with Crippen molar-refractivity contribution in [3.05, 3.63) is 53.1 Å². The molecular weight excluding hydrogens is 319 g/mol. The fourth-order valence-electron chi connectivity index (χ4n) is 3.37. The normalized spacial score (nSPS) is 16.2. The van der Waals surface area contributed by atoms with Gasteiger partial charge in [-0.3, -0.25) is 14.4 Å². The van der Waals surface area contributed by atoms with Crippen LogP contribution in [0.15, 0.2) is 30.3 Å². The van der Waals surface area contributed by atoms with E-state index < -0.39 is 0 Å². The van der Waals surface area contributed by atoms with Crippen LogP contribution in [0.1, 0.15) is 34.6 Å². The van der Waals surface area contributed by atoms with Crippen molar-refractivity contribution in [2.24, 2.45) is 7.05 Å². The van der Waals surface area contributed by atoms with Gasteiger partial charge in [0.05, 0.1) is 0 Å². The predicted molar refractivity (Wildman–Crippen MR) is 94.7 cm³/mol. The van der Waals surface area contributed by atoms with Crippen molar-refractivity contribution in [1.29, 1.82) is 0 Å². The van der Waals surface area contributed by atoms with E-state index in [2.05, 4.69) is 10.00 Å². The van der Waals surface area contributed by atoms with Gasteiger partial charge in [-0.05, 0) is 43.5 Å². The monoisotopic (exact) mass is 344 g/mol. The third-order valence-corrected chi connectivity index (χ3v) is 5.05. The number of carbonyl (C=O) groups excluding carboxylic acids is 1. The first-order chi connectivity index (χ1) is 11.9. The molecule has 25 heavy (non-hydrogen) atoms. The Morgan fingerprint density at radius 2 is 2.04 bits per heavy atom. The lowest BCUT2D eigenvalue weighted by Crippen LogP contribution is -2.45. The van der Waals surface area contributed by atoms with Crippen LogP contribution in [0, 0.1) is 12.7 Å². The number of piperidine rings is 1. The Morgan fingerprint density at radius 1 is 1.32 bits per heavy atom. The van der Waals surface area contributed by atoms with Gasteiger partial charge < -0.3 is 4.90 Å². The van der Waals surface area contributed by atoms with E-state index in [0.29, 0.717) is 5.69 Å². The molecule has 3 rings (SSSR count). The van der Waals surface area contributed by atoms with E-state index >= 15 is 0 Å². The van der Waals surface area contributed by atoms with Gasteiger partial charge in [0, 0.05) is 45.5 Å². The molecule has 0 saturated carbocycles. The van der Waals surface area contributed by atoms with Gasteiger partial charge in [0.15, 0.2) is 5.69 Å². The van der Waals surface area contributed by atoms with E-state index in [1.54, 1.807) is 16.8 Å². The number of amides is 1. The van der Waals surface area contributed by atoms with Gasteiger partial charge in [0.2, 0.25) is 0 Å². The second-order valence-corrected chi connectivity index (χ2v) is 6.85. The molecule has 1 saturated heterocycles. The minimum Gasteiger partial charge on any atom is -0.337 e. The summed E-state index contributed by atoms with van der Waals surface area (Å²) < 4.78 is 15.0. The van der Waals surface area contributed by atoms with Gasteiger partial charge >= 0.3 is 0 Å². The maximum absolute atomic E-state index is 13.3. The van der Waals surface area contributed by atoms with Gasteiger partial charge in [-0.15, -0.1) is 0 Å². The maximum atomic E-state index is 13.3. The first kappa shape index (κ1) is 17.6.